The monoisotopic (exact) mass is 563 g/mol. The van der Waals surface area contributed by atoms with Crippen molar-refractivity contribution in [2.45, 2.75) is 64.2 Å². The first kappa shape index (κ1) is 27.4. The van der Waals surface area contributed by atoms with Crippen molar-refractivity contribution in [3.63, 3.8) is 0 Å². The van der Waals surface area contributed by atoms with E-state index in [2.05, 4.69) is 10.2 Å². The molecule has 6 rings (SSSR count). The molecule has 10 heteroatoms. The number of morpholine rings is 1. The highest BCUT2D eigenvalue weighted by molar-refractivity contribution is 5.96. The molecule has 1 atom stereocenters. The lowest BCUT2D eigenvalue weighted by Gasteiger charge is -2.31. The van der Waals surface area contributed by atoms with E-state index in [1.807, 2.05) is 37.3 Å². The summed E-state index contributed by atoms with van der Waals surface area (Å²) in [4.78, 5) is 32.0. The van der Waals surface area contributed by atoms with Gasteiger partial charge in [0.15, 0.2) is 23.3 Å². The number of furan rings is 2. The number of hydrogen-bond donors (Lipinski definition) is 1. The van der Waals surface area contributed by atoms with Gasteiger partial charge in [0.05, 0.1) is 19.8 Å². The van der Waals surface area contributed by atoms with Gasteiger partial charge in [-0.25, -0.2) is 0 Å². The standard InChI is InChI=1S/C31H37N3O7/c1-21-7-10-26(40-21)29(30(35)32-23-5-3-2-4-6-23)34(18-22-8-11-25-28(17-22)39-20-38-25)31(36)27-12-9-24(41-27)19-33-13-15-37-16-14-33/h7-12,17,23,29H,2-6,13-16,18-20H2,1H3,(H,32,35). The topological polar surface area (TPSA) is 107 Å². The smallest absolute Gasteiger partial charge is 0.290 e. The highest BCUT2D eigenvalue weighted by Crippen LogP contribution is 2.35. The predicted molar refractivity (Wildman–Crippen MR) is 148 cm³/mol. The molecule has 1 aliphatic carbocycles. The Labute approximate surface area is 239 Å². The lowest BCUT2D eigenvalue weighted by Crippen LogP contribution is -2.46. The number of fused-ring (bicyclic) bond motifs is 1. The van der Waals surface area contributed by atoms with Crippen LogP contribution in [-0.4, -0.2) is 60.8 Å². The Balaban J connectivity index is 1.32. The molecule has 3 aliphatic rings. The van der Waals surface area contributed by atoms with Gasteiger partial charge < -0.3 is 33.3 Å². The second-order valence-electron chi connectivity index (χ2n) is 11.0. The summed E-state index contributed by atoms with van der Waals surface area (Å²) in [5, 5.41) is 3.21. The van der Waals surface area contributed by atoms with Gasteiger partial charge in [-0.15, -0.1) is 0 Å². The summed E-state index contributed by atoms with van der Waals surface area (Å²) in [6, 6.07) is 11.7. The molecule has 41 heavy (non-hydrogen) atoms. The van der Waals surface area contributed by atoms with E-state index in [1.54, 1.807) is 12.1 Å². The van der Waals surface area contributed by atoms with Crippen molar-refractivity contribution in [1.29, 1.82) is 0 Å². The molecule has 4 heterocycles. The summed E-state index contributed by atoms with van der Waals surface area (Å²) in [7, 11) is 0. The quantitative estimate of drug-likeness (QED) is 0.404. The van der Waals surface area contributed by atoms with E-state index in [0.717, 1.165) is 44.3 Å². The molecule has 2 aliphatic heterocycles. The fourth-order valence-corrected chi connectivity index (χ4v) is 5.77. The van der Waals surface area contributed by atoms with Crippen LogP contribution in [0.4, 0.5) is 0 Å². The van der Waals surface area contributed by atoms with Gasteiger partial charge in [-0.3, -0.25) is 14.5 Å². The van der Waals surface area contributed by atoms with Crippen molar-refractivity contribution >= 4 is 11.8 Å². The number of rotatable bonds is 9. The number of nitrogens with one attached hydrogen (secondary N) is 1. The molecule has 0 spiro atoms. The molecule has 1 N–H and O–H groups in total. The number of benzene rings is 1. The third kappa shape index (κ3) is 6.44. The Morgan fingerprint density at radius 3 is 2.56 bits per heavy atom. The number of aryl methyl sites for hydroxylation is 1. The van der Waals surface area contributed by atoms with Gasteiger partial charge in [-0.05, 0) is 61.7 Å². The number of carbonyl (C=O) groups is 2. The van der Waals surface area contributed by atoms with E-state index in [1.165, 1.54) is 11.3 Å². The van der Waals surface area contributed by atoms with E-state index in [-0.39, 0.29) is 31.0 Å². The van der Waals surface area contributed by atoms with Crippen LogP contribution in [0.1, 0.15) is 71.5 Å². The van der Waals surface area contributed by atoms with Gasteiger partial charge in [-0.1, -0.05) is 25.3 Å². The van der Waals surface area contributed by atoms with Gasteiger partial charge in [-0.2, -0.15) is 0 Å². The molecule has 2 fully saturated rings. The zero-order chi connectivity index (χ0) is 28.2. The van der Waals surface area contributed by atoms with Crippen LogP contribution in [-0.2, 0) is 22.6 Å². The third-order valence-electron chi connectivity index (χ3n) is 7.95. The minimum atomic E-state index is -0.989. The Kier molecular flexibility index (Phi) is 8.29. The SMILES string of the molecule is Cc1ccc(C(C(=O)NC2CCCCC2)N(Cc2ccc3c(c2)OCO3)C(=O)c2ccc(CN3CCOCC3)o2)o1. The molecule has 1 aromatic carbocycles. The van der Waals surface area contributed by atoms with Crippen LogP contribution in [0.2, 0.25) is 0 Å². The lowest BCUT2D eigenvalue weighted by molar-refractivity contribution is -0.127. The predicted octanol–water partition coefficient (Wildman–Crippen LogP) is 4.57. The maximum absolute atomic E-state index is 14.2. The molecule has 0 bridgehead atoms. The van der Waals surface area contributed by atoms with E-state index in [4.69, 9.17) is 23.0 Å². The third-order valence-corrected chi connectivity index (χ3v) is 7.95. The Bertz CT molecular complexity index is 1350. The van der Waals surface area contributed by atoms with Crippen LogP contribution in [0.5, 0.6) is 11.5 Å². The average molecular weight is 564 g/mol. The molecule has 10 nitrogen and oxygen atoms in total. The van der Waals surface area contributed by atoms with Gasteiger partial charge in [0.1, 0.15) is 17.3 Å². The van der Waals surface area contributed by atoms with Crippen molar-refractivity contribution in [2.24, 2.45) is 0 Å². The minimum Gasteiger partial charge on any atom is -0.464 e. The summed E-state index contributed by atoms with van der Waals surface area (Å²) in [5.41, 5.74) is 0.793. The van der Waals surface area contributed by atoms with E-state index in [0.29, 0.717) is 48.5 Å². The Morgan fingerprint density at radius 2 is 1.78 bits per heavy atom. The number of amides is 2. The summed E-state index contributed by atoms with van der Waals surface area (Å²) in [6.45, 7) is 5.67. The van der Waals surface area contributed by atoms with Crippen LogP contribution in [0, 0.1) is 6.92 Å². The van der Waals surface area contributed by atoms with Gasteiger partial charge >= 0.3 is 0 Å². The minimum absolute atomic E-state index is 0.0704. The fourth-order valence-electron chi connectivity index (χ4n) is 5.77. The summed E-state index contributed by atoms with van der Waals surface area (Å²) < 4.78 is 28.6. The van der Waals surface area contributed by atoms with E-state index >= 15 is 0 Å². The summed E-state index contributed by atoms with van der Waals surface area (Å²) in [6.07, 6.45) is 5.18. The van der Waals surface area contributed by atoms with E-state index in [9.17, 15) is 9.59 Å². The van der Waals surface area contributed by atoms with E-state index < -0.39 is 11.9 Å². The zero-order valence-corrected chi connectivity index (χ0v) is 23.4. The second kappa shape index (κ2) is 12.4. The molecular weight excluding hydrogens is 526 g/mol. The fraction of sp³-hybridized carbons (Fsp3) is 0.484. The van der Waals surface area contributed by atoms with Crippen molar-refractivity contribution < 1.29 is 32.6 Å². The van der Waals surface area contributed by atoms with Crippen LogP contribution in [0.15, 0.2) is 51.3 Å². The molecule has 2 aromatic heterocycles. The maximum atomic E-state index is 14.2. The molecule has 1 unspecified atom stereocenters. The van der Waals surface area contributed by atoms with Gasteiger partial charge in [0.25, 0.3) is 11.8 Å². The normalized spacial score (nSPS) is 18.3. The first-order chi connectivity index (χ1) is 20.0. The average Bonchev–Trinajstić information content (AvgIpc) is 3.75. The Morgan fingerprint density at radius 1 is 0.976 bits per heavy atom. The molecule has 3 aromatic rings. The number of nitrogens with zero attached hydrogens (tertiary/aromatic N) is 2. The lowest BCUT2D eigenvalue weighted by atomic mass is 9.95. The highest BCUT2D eigenvalue weighted by Gasteiger charge is 2.37. The van der Waals surface area contributed by atoms with Gasteiger partial charge in [0, 0.05) is 25.7 Å². The largest absolute Gasteiger partial charge is 0.464 e. The van der Waals surface area contributed by atoms with Crippen LogP contribution < -0.4 is 14.8 Å². The number of hydrogen-bond acceptors (Lipinski definition) is 8. The zero-order valence-electron chi connectivity index (χ0n) is 23.4. The molecular formula is C31H37N3O7. The number of ether oxygens (including phenoxy) is 3. The molecule has 1 saturated heterocycles. The first-order valence-corrected chi connectivity index (χ1v) is 14.5. The molecule has 218 valence electrons. The van der Waals surface area contributed by atoms with Gasteiger partial charge in [0.2, 0.25) is 6.79 Å². The van der Waals surface area contributed by atoms with Crippen LogP contribution in [0.3, 0.4) is 0 Å². The highest BCUT2D eigenvalue weighted by atomic mass is 16.7. The molecule has 0 radical (unpaired) electrons. The van der Waals surface area contributed by atoms with Crippen LogP contribution >= 0.6 is 0 Å². The van der Waals surface area contributed by atoms with Crippen molar-refractivity contribution in [2.75, 3.05) is 33.1 Å². The van der Waals surface area contributed by atoms with Crippen molar-refractivity contribution in [1.82, 2.24) is 15.1 Å². The maximum Gasteiger partial charge on any atom is 0.290 e. The first-order valence-electron chi connectivity index (χ1n) is 14.5. The molecule has 2 amide bonds. The Hall–Kier alpha value is -3.76. The summed E-state index contributed by atoms with van der Waals surface area (Å²) in [5.74, 6) is 2.54. The number of carbonyl (C=O) groups excluding carboxylic acids is 2. The van der Waals surface area contributed by atoms with Crippen LogP contribution in [0.25, 0.3) is 0 Å². The summed E-state index contributed by atoms with van der Waals surface area (Å²) >= 11 is 0. The molecule has 1 saturated carbocycles. The van der Waals surface area contributed by atoms with Crippen molar-refractivity contribution in [3.8, 4) is 11.5 Å². The van der Waals surface area contributed by atoms with Crippen molar-refractivity contribution in [3.05, 3.63) is 71.1 Å². The second-order valence-corrected chi connectivity index (χ2v) is 11.0.